The first-order valence-electron chi connectivity index (χ1n) is 6.55. The first-order chi connectivity index (χ1) is 10.0. The van der Waals surface area contributed by atoms with Crippen molar-refractivity contribution in [3.05, 3.63) is 58.7 Å². The summed E-state index contributed by atoms with van der Waals surface area (Å²) < 4.78 is 4.99. The minimum Gasteiger partial charge on any atom is -0.481 e. The topological polar surface area (TPSA) is 42.4 Å². The summed E-state index contributed by atoms with van der Waals surface area (Å²) in [5.74, 6) is 0.384. The predicted molar refractivity (Wildman–Crippen MR) is 82.7 cm³/mol. The maximum Gasteiger partial charge on any atom is 0.255 e. The third-order valence-corrected chi connectivity index (χ3v) is 3.66. The number of methoxy groups -OCH3 is 1. The molecule has 2 aromatic rings. The van der Waals surface area contributed by atoms with Crippen molar-refractivity contribution < 1.29 is 9.53 Å². The molecule has 1 heterocycles. The van der Waals surface area contributed by atoms with Gasteiger partial charge in [0.25, 0.3) is 5.91 Å². The van der Waals surface area contributed by atoms with Gasteiger partial charge in [-0.15, -0.1) is 0 Å². The highest BCUT2D eigenvalue weighted by atomic mass is 35.5. The predicted octanol–water partition coefficient (Wildman–Crippen LogP) is 3.58. The second kappa shape index (κ2) is 6.59. The van der Waals surface area contributed by atoms with Crippen LogP contribution in [-0.2, 0) is 0 Å². The van der Waals surface area contributed by atoms with Crippen molar-refractivity contribution in [2.24, 2.45) is 0 Å². The highest BCUT2D eigenvalue weighted by Gasteiger charge is 2.19. The summed E-state index contributed by atoms with van der Waals surface area (Å²) in [6.07, 6.45) is 1.52. The van der Waals surface area contributed by atoms with Crippen LogP contribution >= 0.6 is 11.6 Å². The number of rotatable bonds is 4. The average Bonchev–Trinajstić information content (AvgIpc) is 2.53. The zero-order valence-corrected chi connectivity index (χ0v) is 13.0. The molecule has 0 aliphatic heterocycles. The van der Waals surface area contributed by atoms with Gasteiger partial charge >= 0.3 is 0 Å². The Morgan fingerprint density at radius 2 is 2.10 bits per heavy atom. The highest BCUT2D eigenvalue weighted by Crippen LogP contribution is 2.23. The molecule has 0 aliphatic carbocycles. The van der Waals surface area contributed by atoms with Crippen LogP contribution in [-0.4, -0.2) is 29.9 Å². The summed E-state index contributed by atoms with van der Waals surface area (Å²) >= 11 is 6.00. The van der Waals surface area contributed by atoms with Crippen LogP contribution in [0.4, 0.5) is 0 Å². The Morgan fingerprint density at radius 3 is 2.67 bits per heavy atom. The molecule has 1 amide bonds. The molecule has 0 N–H and O–H groups in total. The molecular formula is C16H17ClN2O2. The van der Waals surface area contributed by atoms with E-state index in [-0.39, 0.29) is 11.9 Å². The molecule has 1 aromatic heterocycles. The molecule has 0 saturated carbocycles. The van der Waals surface area contributed by atoms with E-state index in [4.69, 9.17) is 16.3 Å². The first-order valence-corrected chi connectivity index (χ1v) is 6.93. The van der Waals surface area contributed by atoms with E-state index < -0.39 is 0 Å². The zero-order chi connectivity index (χ0) is 15.4. The van der Waals surface area contributed by atoms with Gasteiger partial charge in [-0.1, -0.05) is 23.7 Å². The largest absolute Gasteiger partial charge is 0.481 e. The Hall–Kier alpha value is -2.07. The summed E-state index contributed by atoms with van der Waals surface area (Å²) in [6, 6.07) is 10.8. The van der Waals surface area contributed by atoms with Crippen molar-refractivity contribution in [3.63, 3.8) is 0 Å². The van der Waals surface area contributed by atoms with Gasteiger partial charge in [-0.25, -0.2) is 4.98 Å². The molecule has 1 aromatic carbocycles. The normalized spacial score (nSPS) is 11.8. The lowest BCUT2D eigenvalue weighted by molar-refractivity contribution is 0.0742. The Balaban J connectivity index is 2.17. The molecule has 1 atom stereocenters. The van der Waals surface area contributed by atoms with Gasteiger partial charge in [0.1, 0.15) is 0 Å². The quantitative estimate of drug-likeness (QED) is 0.867. The van der Waals surface area contributed by atoms with Crippen LogP contribution in [0.3, 0.4) is 0 Å². The average molecular weight is 305 g/mol. The molecule has 0 bridgehead atoms. The van der Waals surface area contributed by atoms with Crippen LogP contribution < -0.4 is 4.74 Å². The van der Waals surface area contributed by atoms with E-state index in [2.05, 4.69) is 4.98 Å². The van der Waals surface area contributed by atoms with E-state index >= 15 is 0 Å². The number of hydrogen-bond donors (Lipinski definition) is 0. The minimum atomic E-state index is -0.0994. The number of nitrogens with zero attached hydrogens (tertiary/aromatic N) is 2. The van der Waals surface area contributed by atoms with Crippen LogP contribution in [0.1, 0.15) is 28.9 Å². The van der Waals surface area contributed by atoms with Gasteiger partial charge < -0.3 is 9.64 Å². The van der Waals surface area contributed by atoms with Crippen LogP contribution in [0.2, 0.25) is 5.02 Å². The number of amides is 1. The van der Waals surface area contributed by atoms with Crippen LogP contribution in [0.15, 0.2) is 42.6 Å². The number of halogens is 1. The second-order valence-corrected chi connectivity index (χ2v) is 5.17. The second-order valence-electron chi connectivity index (χ2n) is 4.74. The number of carbonyl (C=O) groups is 1. The smallest absolute Gasteiger partial charge is 0.255 e. The molecule has 0 aliphatic rings. The lowest BCUT2D eigenvalue weighted by Crippen LogP contribution is -2.29. The summed E-state index contributed by atoms with van der Waals surface area (Å²) in [5, 5.41) is 0.659. The van der Waals surface area contributed by atoms with E-state index in [1.165, 1.54) is 13.3 Å². The molecule has 0 fully saturated rings. The summed E-state index contributed by atoms with van der Waals surface area (Å²) in [4.78, 5) is 18.2. The van der Waals surface area contributed by atoms with Gasteiger partial charge in [-0.05, 0) is 30.7 Å². The standard InChI is InChI=1S/C16H17ClN2O2/c1-11(12-5-4-6-14(17)9-12)19(2)16(20)13-7-8-15(21-3)18-10-13/h4-11H,1-3H3. The Morgan fingerprint density at radius 1 is 1.33 bits per heavy atom. The lowest BCUT2D eigenvalue weighted by atomic mass is 10.1. The molecule has 0 radical (unpaired) electrons. The Labute approximate surface area is 129 Å². The number of pyridine rings is 1. The van der Waals surface area contributed by atoms with Crippen molar-refractivity contribution in [1.29, 1.82) is 0 Å². The molecule has 2 rings (SSSR count). The maximum absolute atomic E-state index is 12.5. The molecule has 0 saturated heterocycles. The van der Waals surface area contributed by atoms with Crippen molar-refractivity contribution in [1.82, 2.24) is 9.88 Å². The van der Waals surface area contributed by atoms with Crippen LogP contribution in [0.5, 0.6) is 5.88 Å². The first kappa shape index (κ1) is 15.3. The number of carbonyl (C=O) groups excluding carboxylic acids is 1. The lowest BCUT2D eigenvalue weighted by Gasteiger charge is -2.25. The van der Waals surface area contributed by atoms with E-state index in [0.29, 0.717) is 16.5 Å². The third kappa shape index (κ3) is 3.52. The summed E-state index contributed by atoms with van der Waals surface area (Å²) in [5.41, 5.74) is 1.51. The molecular weight excluding hydrogens is 288 g/mol. The van der Waals surface area contributed by atoms with E-state index in [0.717, 1.165) is 5.56 Å². The van der Waals surface area contributed by atoms with Crippen molar-refractivity contribution in [2.45, 2.75) is 13.0 Å². The maximum atomic E-state index is 12.5. The van der Waals surface area contributed by atoms with Crippen LogP contribution in [0, 0.1) is 0 Å². The fraction of sp³-hybridized carbons (Fsp3) is 0.250. The molecule has 1 unspecified atom stereocenters. The van der Waals surface area contributed by atoms with Gasteiger partial charge in [0, 0.05) is 24.3 Å². The zero-order valence-electron chi connectivity index (χ0n) is 12.2. The molecule has 21 heavy (non-hydrogen) atoms. The third-order valence-electron chi connectivity index (χ3n) is 3.42. The van der Waals surface area contributed by atoms with Gasteiger partial charge in [-0.3, -0.25) is 4.79 Å². The van der Waals surface area contributed by atoms with E-state index in [9.17, 15) is 4.79 Å². The van der Waals surface area contributed by atoms with Gasteiger partial charge in [0.2, 0.25) is 5.88 Å². The van der Waals surface area contributed by atoms with Gasteiger partial charge in [-0.2, -0.15) is 0 Å². The number of aromatic nitrogens is 1. The molecule has 5 heteroatoms. The molecule has 0 spiro atoms. The van der Waals surface area contributed by atoms with Crippen molar-refractivity contribution in [3.8, 4) is 5.88 Å². The van der Waals surface area contributed by atoms with E-state index in [1.807, 2.05) is 31.2 Å². The fourth-order valence-electron chi connectivity index (χ4n) is 2.00. The van der Waals surface area contributed by atoms with Gasteiger partial charge in [0.05, 0.1) is 18.7 Å². The summed E-state index contributed by atoms with van der Waals surface area (Å²) in [6.45, 7) is 1.96. The van der Waals surface area contributed by atoms with Crippen LogP contribution in [0.25, 0.3) is 0 Å². The van der Waals surface area contributed by atoms with E-state index in [1.54, 1.807) is 24.1 Å². The minimum absolute atomic E-state index is 0.0849. The van der Waals surface area contributed by atoms with Crippen molar-refractivity contribution in [2.75, 3.05) is 14.2 Å². The number of ether oxygens (including phenoxy) is 1. The highest BCUT2D eigenvalue weighted by molar-refractivity contribution is 6.30. The Bertz CT molecular complexity index is 628. The number of hydrogen-bond acceptors (Lipinski definition) is 3. The molecule has 4 nitrogen and oxygen atoms in total. The SMILES string of the molecule is COc1ccc(C(=O)N(C)C(C)c2cccc(Cl)c2)cn1. The number of benzene rings is 1. The Kier molecular flexibility index (Phi) is 4.81. The monoisotopic (exact) mass is 304 g/mol. The summed E-state index contributed by atoms with van der Waals surface area (Å²) in [7, 11) is 3.30. The van der Waals surface area contributed by atoms with Crippen molar-refractivity contribution >= 4 is 17.5 Å². The fourth-order valence-corrected chi connectivity index (χ4v) is 2.20. The molecule has 110 valence electrons. The van der Waals surface area contributed by atoms with Gasteiger partial charge in [0.15, 0.2) is 0 Å².